The van der Waals surface area contributed by atoms with Crippen molar-refractivity contribution < 1.29 is 22.4 Å². The van der Waals surface area contributed by atoms with Crippen LogP contribution in [0.1, 0.15) is 35.2 Å². The van der Waals surface area contributed by atoms with Gasteiger partial charge in [-0.05, 0) is 66.4 Å². The highest BCUT2D eigenvalue weighted by Gasteiger charge is 2.43. The molecule has 1 amide bonds. The van der Waals surface area contributed by atoms with E-state index in [1.54, 1.807) is 24.3 Å². The maximum absolute atomic E-state index is 14.5. The normalized spacial score (nSPS) is 15.7. The summed E-state index contributed by atoms with van der Waals surface area (Å²) in [5, 5.41) is 3.61. The van der Waals surface area contributed by atoms with Crippen molar-refractivity contribution in [1.82, 2.24) is 10.3 Å². The summed E-state index contributed by atoms with van der Waals surface area (Å²) in [6.07, 6.45) is -2.13. The number of pyridine rings is 1. The minimum Gasteiger partial charge on any atom is -0.340 e. The minimum atomic E-state index is -4.79. The number of hydrogen-bond donors (Lipinski definition) is 1. The molecule has 3 nitrogen and oxygen atoms in total. The molecule has 3 aromatic rings. The molecule has 1 aliphatic rings. The largest absolute Gasteiger partial charge is 0.416 e. The highest BCUT2D eigenvalue weighted by molar-refractivity contribution is 6.30. The van der Waals surface area contributed by atoms with Gasteiger partial charge in [-0.1, -0.05) is 35.3 Å². The van der Waals surface area contributed by atoms with Crippen molar-refractivity contribution >= 4 is 29.1 Å². The molecule has 0 unspecified atom stereocenters. The summed E-state index contributed by atoms with van der Waals surface area (Å²) in [5.41, 5.74) is -2.01. The van der Waals surface area contributed by atoms with Gasteiger partial charge in [-0.2, -0.15) is 13.2 Å². The zero-order chi connectivity index (χ0) is 23.8. The molecule has 1 saturated carbocycles. The molecule has 9 heteroatoms. The number of aromatic nitrogens is 1. The van der Waals surface area contributed by atoms with Crippen molar-refractivity contribution in [3.8, 4) is 0 Å². The standard InChI is InChI=1S/C24H18Cl2F4N2O/c25-18-3-1-2-14(8-18)12-23(32-22(33)15-4-5-15,21-7-6-19(26)13-31-21)16-9-17(24(28,29)30)11-20(27)10-16/h1-3,6-11,13,15H,4-5,12H2,(H,32,33)/t23-/m0/s1. The molecule has 172 valence electrons. The van der Waals surface area contributed by atoms with E-state index in [-0.39, 0.29) is 29.5 Å². The summed E-state index contributed by atoms with van der Waals surface area (Å²) >= 11 is 12.1. The molecule has 0 bridgehead atoms. The van der Waals surface area contributed by atoms with Crippen molar-refractivity contribution in [2.45, 2.75) is 31.0 Å². The molecule has 1 aromatic heterocycles. The van der Waals surface area contributed by atoms with Gasteiger partial charge in [0, 0.05) is 23.6 Å². The van der Waals surface area contributed by atoms with Crippen LogP contribution in [0, 0.1) is 11.7 Å². The number of carbonyl (C=O) groups excluding carboxylic acids is 1. The topological polar surface area (TPSA) is 42.0 Å². The van der Waals surface area contributed by atoms with Crippen molar-refractivity contribution in [2.75, 3.05) is 0 Å². The Hall–Kier alpha value is -2.64. The predicted octanol–water partition coefficient (Wildman–Crippen LogP) is 6.56. The van der Waals surface area contributed by atoms with Crippen molar-refractivity contribution in [2.24, 2.45) is 5.92 Å². The maximum atomic E-state index is 14.5. The van der Waals surface area contributed by atoms with Crippen LogP contribution in [0.5, 0.6) is 0 Å². The molecule has 0 saturated heterocycles. The number of alkyl halides is 3. The van der Waals surface area contributed by atoms with Gasteiger partial charge < -0.3 is 5.32 Å². The lowest BCUT2D eigenvalue weighted by molar-refractivity contribution is -0.137. The molecule has 1 atom stereocenters. The fraction of sp³-hybridized carbons (Fsp3) is 0.250. The Kier molecular flexibility index (Phi) is 6.38. The average molecular weight is 497 g/mol. The van der Waals surface area contributed by atoms with Crippen LogP contribution in [0.15, 0.2) is 60.8 Å². The van der Waals surface area contributed by atoms with Crippen molar-refractivity contribution in [3.63, 3.8) is 0 Å². The first-order valence-corrected chi connectivity index (χ1v) is 10.9. The minimum absolute atomic E-state index is 0.0125. The maximum Gasteiger partial charge on any atom is 0.416 e. The first kappa shape index (κ1) is 23.5. The van der Waals surface area contributed by atoms with Crippen LogP contribution < -0.4 is 5.32 Å². The molecule has 1 heterocycles. The summed E-state index contributed by atoms with van der Waals surface area (Å²) in [4.78, 5) is 17.3. The van der Waals surface area contributed by atoms with E-state index >= 15 is 0 Å². The number of hydrogen-bond acceptors (Lipinski definition) is 2. The zero-order valence-corrected chi connectivity index (χ0v) is 18.6. The average Bonchev–Trinajstić information content (AvgIpc) is 3.58. The molecular formula is C24H18Cl2F4N2O. The molecule has 0 spiro atoms. The molecule has 0 aliphatic heterocycles. The summed E-state index contributed by atoms with van der Waals surface area (Å²) in [7, 11) is 0. The van der Waals surface area contributed by atoms with Crippen molar-refractivity contribution in [3.05, 3.63) is 99.0 Å². The Morgan fingerprint density at radius 1 is 1.00 bits per heavy atom. The van der Waals surface area contributed by atoms with Gasteiger partial charge in [0.15, 0.2) is 0 Å². The molecule has 2 aromatic carbocycles. The molecule has 1 aliphatic carbocycles. The van der Waals surface area contributed by atoms with E-state index in [9.17, 15) is 22.4 Å². The lowest BCUT2D eigenvalue weighted by Crippen LogP contribution is -2.50. The number of amides is 1. The number of benzene rings is 2. The van der Waals surface area contributed by atoms with E-state index < -0.39 is 23.1 Å². The van der Waals surface area contributed by atoms with Crippen LogP contribution in [0.25, 0.3) is 0 Å². The van der Waals surface area contributed by atoms with Gasteiger partial charge in [-0.15, -0.1) is 0 Å². The third kappa shape index (κ3) is 5.31. The SMILES string of the molecule is O=C(N[C@@](Cc1cccc(Cl)c1)(c1cc(F)cc(C(F)(F)F)c1)c1ccc(Cl)cn1)C1CC1. The predicted molar refractivity (Wildman–Crippen MR) is 117 cm³/mol. The van der Waals surface area contributed by atoms with E-state index in [1.807, 2.05) is 0 Å². The number of carbonyl (C=O) groups is 1. The lowest BCUT2D eigenvalue weighted by atomic mass is 9.79. The van der Waals surface area contributed by atoms with Crippen LogP contribution in [0.3, 0.4) is 0 Å². The third-order valence-corrected chi connectivity index (χ3v) is 5.98. The third-order valence-electron chi connectivity index (χ3n) is 5.53. The highest BCUT2D eigenvalue weighted by atomic mass is 35.5. The fourth-order valence-electron chi connectivity index (χ4n) is 3.76. The Morgan fingerprint density at radius 2 is 1.73 bits per heavy atom. The Morgan fingerprint density at radius 3 is 2.33 bits per heavy atom. The lowest BCUT2D eigenvalue weighted by Gasteiger charge is -2.36. The molecule has 1 N–H and O–H groups in total. The summed E-state index contributed by atoms with van der Waals surface area (Å²) in [6, 6.07) is 12.0. The number of halogens is 6. The monoisotopic (exact) mass is 496 g/mol. The number of nitrogens with zero attached hydrogens (tertiary/aromatic N) is 1. The first-order chi connectivity index (χ1) is 15.6. The summed E-state index contributed by atoms with van der Waals surface area (Å²) < 4.78 is 55.2. The molecule has 1 fully saturated rings. The summed E-state index contributed by atoms with van der Waals surface area (Å²) in [5.74, 6) is -1.68. The fourth-order valence-corrected chi connectivity index (χ4v) is 4.08. The second-order valence-electron chi connectivity index (χ2n) is 8.06. The van der Waals surface area contributed by atoms with Crippen LogP contribution in [0.4, 0.5) is 17.6 Å². The van der Waals surface area contributed by atoms with Crippen LogP contribution in [-0.2, 0) is 22.9 Å². The van der Waals surface area contributed by atoms with Gasteiger partial charge >= 0.3 is 6.18 Å². The van der Waals surface area contributed by atoms with Crippen LogP contribution in [-0.4, -0.2) is 10.9 Å². The quantitative estimate of drug-likeness (QED) is 0.392. The highest BCUT2D eigenvalue weighted by Crippen LogP contribution is 2.39. The van der Waals surface area contributed by atoms with Crippen LogP contribution >= 0.6 is 23.2 Å². The van der Waals surface area contributed by atoms with Gasteiger partial charge in [-0.25, -0.2) is 4.39 Å². The molecule has 0 radical (unpaired) electrons. The van der Waals surface area contributed by atoms with E-state index in [2.05, 4.69) is 10.3 Å². The number of nitrogens with one attached hydrogen (secondary N) is 1. The smallest absolute Gasteiger partial charge is 0.340 e. The van der Waals surface area contributed by atoms with Crippen molar-refractivity contribution in [1.29, 1.82) is 0 Å². The summed E-state index contributed by atoms with van der Waals surface area (Å²) in [6.45, 7) is 0. The molecule has 33 heavy (non-hydrogen) atoms. The van der Waals surface area contributed by atoms with E-state index in [0.717, 1.165) is 12.1 Å². The van der Waals surface area contributed by atoms with Gasteiger partial charge in [0.05, 0.1) is 16.3 Å². The molecule has 4 rings (SSSR count). The Bertz CT molecular complexity index is 1180. The second-order valence-corrected chi connectivity index (χ2v) is 8.94. The van der Waals surface area contributed by atoms with Gasteiger partial charge in [0.25, 0.3) is 0 Å². The second kappa shape index (κ2) is 8.95. The van der Waals surface area contributed by atoms with E-state index in [4.69, 9.17) is 23.2 Å². The van der Waals surface area contributed by atoms with Gasteiger partial charge in [0.1, 0.15) is 11.4 Å². The first-order valence-electron chi connectivity index (χ1n) is 10.1. The van der Waals surface area contributed by atoms with Gasteiger partial charge in [-0.3, -0.25) is 9.78 Å². The van der Waals surface area contributed by atoms with E-state index in [1.165, 1.54) is 18.3 Å². The zero-order valence-electron chi connectivity index (χ0n) is 17.1. The van der Waals surface area contributed by atoms with Crippen LogP contribution in [0.2, 0.25) is 10.0 Å². The van der Waals surface area contributed by atoms with E-state index in [0.29, 0.717) is 34.5 Å². The van der Waals surface area contributed by atoms with Gasteiger partial charge in [0.2, 0.25) is 5.91 Å². The Balaban J connectivity index is 1.96. The number of rotatable bonds is 6. The Labute approximate surface area is 197 Å². The molecular weight excluding hydrogens is 479 g/mol.